The van der Waals surface area contributed by atoms with Crippen molar-refractivity contribution in [2.45, 2.75) is 102 Å². The number of Topliss-reactive ketones (excluding diaryl/α,β-unsaturated/α-hetero) is 1. The molecule has 0 aromatic carbocycles. The predicted octanol–water partition coefficient (Wildman–Crippen LogP) is 5.37. The second-order valence-electron chi connectivity index (χ2n) is 12.7. The van der Waals surface area contributed by atoms with Gasteiger partial charge in [0.05, 0.1) is 13.2 Å². The minimum atomic E-state index is -0.551. The van der Waals surface area contributed by atoms with E-state index in [4.69, 9.17) is 9.47 Å². The van der Waals surface area contributed by atoms with Gasteiger partial charge in [-0.25, -0.2) is 0 Å². The first-order valence-corrected chi connectivity index (χ1v) is 15.3. The van der Waals surface area contributed by atoms with Crippen molar-refractivity contribution in [3.63, 3.8) is 0 Å². The molecular weight excluding hydrogens is 571 g/mol. The number of aliphatic hydroxyl groups excluding tert-OH is 1. The molecule has 0 saturated heterocycles. The Hall–Kier alpha value is -0.700. The van der Waals surface area contributed by atoms with Gasteiger partial charge in [0.25, 0.3) is 0 Å². The van der Waals surface area contributed by atoms with Crippen molar-refractivity contribution in [2.24, 2.45) is 52.3 Å². The zero-order valence-electron chi connectivity index (χ0n) is 22.8. The van der Waals surface area contributed by atoms with Crippen LogP contribution in [0.4, 0.5) is 0 Å². The van der Waals surface area contributed by atoms with E-state index in [0.29, 0.717) is 24.0 Å². The van der Waals surface area contributed by atoms with Gasteiger partial charge in [0, 0.05) is 35.0 Å². The number of fused-ring (bicyclic) bond motifs is 5. The molecule has 1 N–H and O–H groups in total. The number of carbonyl (C=O) groups excluding carboxylic acids is 3. The Labute approximate surface area is 230 Å². The lowest BCUT2D eigenvalue weighted by Gasteiger charge is -2.65. The summed E-state index contributed by atoms with van der Waals surface area (Å²) in [6.07, 6.45) is 5.74. The van der Waals surface area contributed by atoms with Crippen molar-refractivity contribution in [3.05, 3.63) is 0 Å². The van der Waals surface area contributed by atoms with Gasteiger partial charge < -0.3 is 14.6 Å². The molecule has 4 rings (SSSR count). The average Bonchev–Trinajstić information content (AvgIpc) is 3.19. The molecule has 0 bridgehead atoms. The maximum absolute atomic E-state index is 14.3. The molecule has 4 saturated carbocycles. The fourth-order valence-corrected chi connectivity index (χ4v) is 11.0. The third-order valence-corrected chi connectivity index (χ3v) is 13.3. The standard InChI is InChI=1S/C29H45IO6/c1-7-18-21-14-17(36-16(3)31)12-13-28(21,4)24-23(25(18)33)20-10-9-19(15(2)8-11-22(32)35-6)29(20,5)27(30)26(24)34/h15,17-21,23-24,26-27,34H,7-14H2,1-6H3/t15-,17-,18-,19-,20?,21+,23?,24?,26?,27+,28+,29-/m1/s1. The molecule has 0 spiro atoms. The number of ketones is 1. The summed E-state index contributed by atoms with van der Waals surface area (Å²) in [6, 6.07) is 0. The van der Waals surface area contributed by atoms with Gasteiger partial charge in [0.15, 0.2) is 0 Å². The van der Waals surface area contributed by atoms with Crippen molar-refractivity contribution in [2.75, 3.05) is 7.11 Å². The summed E-state index contributed by atoms with van der Waals surface area (Å²) in [5, 5.41) is 12.0. The molecule has 12 atom stereocenters. The van der Waals surface area contributed by atoms with Crippen molar-refractivity contribution in [1.82, 2.24) is 0 Å². The van der Waals surface area contributed by atoms with Crippen LogP contribution in [0.15, 0.2) is 0 Å². The number of hydrogen-bond acceptors (Lipinski definition) is 6. The van der Waals surface area contributed by atoms with Crippen LogP contribution in [0, 0.1) is 52.3 Å². The highest BCUT2D eigenvalue weighted by molar-refractivity contribution is 14.1. The van der Waals surface area contributed by atoms with E-state index in [9.17, 15) is 19.5 Å². The van der Waals surface area contributed by atoms with Crippen LogP contribution in [0.3, 0.4) is 0 Å². The van der Waals surface area contributed by atoms with E-state index in [1.807, 2.05) is 0 Å². The lowest BCUT2D eigenvalue weighted by molar-refractivity contribution is -0.196. The topological polar surface area (TPSA) is 89.9 Å². The molecule has 0 amide bonds. The van der Waals surface area contributed by atoms with E-state index >= 15 is 0 Å². The molecular formula is C29H45IO6. The van der Waals surface area contributed by atoms with Gasteiger partial charge in [0.2, 0.25) is 0 Å². The van der Waals surface area contributed by atoms with Crippen molar-refractivity contribution in [1.29, 1.82) is 0 Å². The monoisotopic (exact) mass is 616 g/mol. The minimum Gasteiger partial charge on any atom is -0.469 e. The van der Waals surface area contributed by atoms with Crippen LogP contribution in [-0.2, 0) is 23.9 Å². The molecule has 4 aliphatic rings. The lowest BCUT2D eigenvalue weighted by Crippen LogP contribution is -2.68. The molecule has 204 valence electrons. The van der Waals surface area contributed by atoms with Crippen LogP contribution in [0.2, 0.25) is 0 Å². The number of carbonyl (C=O) groups is 3. The maximum atomic E-state index is 14.3. The molecule has 36 heavy (non-hydrogen) atoms. The number of halogens is 1. The largest absolute Gasteiger partial charge is 0.469 e. The lowest BCUT2D eigenvalue weighted by atomic mass is 9.41. The van der Waals surface area contributed by atoms with Crippen LogP contribution in [0.1, 0.15) is 86.0 Å². The number of rotatable bonds is 6. The van der Waals surface area contributed by atoms with Crippen molar-refractivity contribution in [3.8, 4) is 0 Å². The quantitative estimate of drug-likeness (QED) is 0.246. The molecule has 4 unspecified atom stereocenters. The molecule has 6 nitrogen and oxygen atoms in total. The SMILES string of the molecule is CC[C@H]1C(=O)C2C3CC[C@H]([C@H](C)CCC(=O)OC)[C@@]3(C)[C@@H](I)C(O)C2[C@@]2(C)CC[C@@H](OC(C)=O)C[C@@H]12. The molecule has 0 heterocycles. The molecule has 4 fully saturated rings. The molecule has 0 aliphatic heterocycles. The van der Waals surface area contributed by atoms with E-state index in [1.54, 1.807) is 0 Å². The number of esters is 2. The molecule has 0 radical (unpaired) electrons. The van der Waals surface area contributed by atoms with Crippen LogP contribution in [-0.4, -0.2) is 46.1 Å². The summed E-state index contributed by atoms with van der Waals surface area (Å²) < 4.78 is 10.5. The Morgan fingerprint density at radius 2 is 1.89 bits per heavy atom. The Morgan fingerprint density at radius 3 is 2.50 bits per heavy atom. The summed E-state index contributed by atoms with van der Waals surface area (Å²) in [4.78, 5) is 37.8. The summed E-state index contributed by atoms with van der Waals surface area (Å²) in [6.45, 7) is 10.4. The fourth-order valence-electron chi connectivity index (χ4n) is 9.60. The van der Waals surface area contributed by atoms with Crippen LogP contribution in [0.25, 0.3) is 0 Å². The van der Waals surface area contributed by atoms with Gasteiger partial charge in [-0.1, -0.05) is 50.3 Å². The maximum Gasteiger partial charge on any atom is 0.305 e. The second-order valence-corrected chi connectivity index (χ2v) is 14.1. The zero-order valence-corrected chi connectivity index (χ0v) is 25.0. The van der Waals surface area contributed by atoms with Gasteiger partial charge in [-0.15, -0.1) is 0 Å². The smallest absolute Gasteiger partial charge is 0.305 e. The third-order valence-electron chi connectivity index (χ3n) is 11.3. The predicted molar refractivity (Wildman–Crippen MR) is 145 cm³/mol. The number of aliphatic hydroxyl groups is 1. The highest BCUT2D eigenvalue weighted by Gasteiger charge is 2.70. The first kappa shape index (κ1) is 28.3. The van der Waals surface area contributed by atoms with Crippen LogP contribution < -0.4 is 0 Å². The number of ether oxygens (including phenoxy) is 2. The zero-order chi connectivity index (χ0) is 26.6. The van der Waals surface area contributed by atoms with E-state index < -0.39 is 6.10 Å². The Kier molecular flexibility index (Phi) is 8.23. The first-order chi connectivity index (χ1) is 16.9. The summed E-state index contributed by atoms with van der Waals surface area (Å²) >= 11 is 2.49. The Morgan fingerprint density at radius 1 is 1.19 bits per heavy atom. The second kappa shape index (κ2) is 10.5. The Balaban J connectivity index is 1.67. The highest BCUT2D eigenvalue weighted by atomic mass is 127. The van der Waals surface area contributed by atoms with E-state index in [-0.39, 0.29) is 62.4 Å². The van der Waals surface area contributed by atoms with Gasteiger partial charge in [-0.2, -0.15) is 0 Å². The molecule has 0 aromatic rings. The van der Waals surface area contributed by atoms with Crippen molar-refractivity contribution >= 4 is 40.3 Å². The summed E-state index contributed by atoms with van der Waals surface area (Å²) in [5.41, 5.74) is -0.294. The number of hydrogen-bond donors (Lipinski definition) is 1. The van der Waals surface area contributed by atoms with Gasteiger partial charge in [0.1, 0.15) is 11.9 Å². The van der Waals surface area contributed by atoms with Gasteiger partial charge >= 0.3 is 11.9 Å². The van der Waals surface area contributed by atoms with Crippen LogP contribution >= 0.6 is 22.6 Å². The van der Waals surface area contributed by atoms with E-state index in [0.717, 1.165) is 44.9 Å². The van der Waals surface area contributed by atoms with Gasteiger partial charge in [-0.05, 0) is 79.4 Å². The summed E-state index contributed by atoms with van der Waals surface area (Å²) in [7, 11) is 1.44. The number of methoxy groups -OCH3 is 1. The third kappa shape index (κ3) is 4.36. The highest BCUT2D eigenvalue weighted by Crippen LogP contribution is 2.70. The van der Waals surface area contributed by atoms with Gasteiger partial charge in [-0.3, -0.25) is 14.4 Å². The summed E-state index contributed by atoms with van der Waals surface area (Å²) in [5.74, 6) is 0.764. The molecule has 4 aliphatic carbocycles. The minimum absolute atomic E-state index is 0.0454. The first-order valence-electron chi connectivity index (χ1n) is 14.0. The van der Waals surface area contributed by atoms with Crippen molar-refractivity contribution < 1.29 is 29.0 Å². The Bertz CT molecular complexity index is 876. The van der Waals surface area contributed by atoms with E-state index in [1.165, 1.54) is 14.0 Å². The normalized spacial score (nSPS) is 46.8. The average molecular weight is 617 g/mol. The van der Waals surface area contributed by atoms with E-state index in [2.05, 4.69) is 50.3 Å². The molecule has 7 heteroatoms. The fraction of sp³-hybridized carbons (Fsp3) is 0.897. The molecule has 0 aromatic heterocycles. The van der Waals surface area contributed by atoms with Crippen LogP contribution in [0.5, 0.6) is 0 Å². The number of alkyl halides is 1.